The predicted octanol–water partition coefficient (Wildman–Crippen LogP) is 3.36. The highest BCUT2D eigenvalue weighted by Crippen LogP contribution is 2.23. The maximum Gasteiger partial charge on any atom is 0.0175 e. The number of rotatable bonds is 6. The van der Waals surface area contributed by atoms with Crippen LogP contribution in [0.1, 0.15) is 31.2 Å². The van der Waals surface area contributed by atoms with Gasteiger partial charge in [0.1, 0.15) is 0 Å². The topological polar surface area (TPSA) is 24.1 Å². The maximum absolute atomic E-state index is 3.62. The van der Waals surface area contributed by atoms with E-state index in [1.807, 2.05) is 0 Å². The van der Waals surface area contributed by atoms with Crippen molar-refractivity contribution in [1.29, 1.82) is 0 Å². The molecule has 0 heterocycles. The van der Waals surface area contributed by atoms with Gasteiger partial charge in [-0.15, -0.1) is 0 Å². The van der Waals surface area contributed by atoms with E-state index in [4.69, 9.17) is 0 Å². The zero-order chi connectivity index (χ0) is 13.5. The molecular formula is C16H25BrN2. The summed E-state index contributed by atoms with van der Waals surface area (Å²) in [5, 5.41) is 7.01. The molecule has 3 heteroatoms. The third kappa shape index (κ3) is 5.25. The molecule has 1 fully saturated rings. The Labute approximate surface area is 125 Å². The molecule has 1 aromatic carbocycles. The second-order valence-corrected chi connectivity index (χ2v) is 6.50. The second kappa shape index (κ2) is 8.03. The van der Waals surface area contributed by atoms with E-state index in [0.717, 1.165) is 29.4 Å². The van der Waals surface area contributed by atoms with Gasteiger partial charge in [-0.1, -0.05) is 28.1 Å². The van der Waals surface area contributed by atoms with Gasteiger partial charge in [-0.2, -0.15) is 0 Å². The van der Waals surface area contributed by atoms with Gasteiger partial charge >= 0.3 is 0 Å². The largest absolute Gasteiger partial charge is 0.317 e. The fraction of sp³-hybridized carbons (Fsp3) is 0.625. The van der Waals surface area contributed by atoms with E-state index in [1.54, 1.807) is 0 Å². The normalized spacial score (nSPS) is 23.5. The number of halogens is 1. The highest BCUT2D eigenvalue weighted by atomic mass is 79.9. The van der Waals surface area contributed by atoms with Gasteiger partial charge < -0.3 is 10.6 Å². The summed E-state index contributed by atoms with van der Waals surface area (Å²) in [4.78, 5) is 0. The first-order valence-electron chi connectivity index (χ1n) is 7.40. The van der Waals surface area contributed by atoms with Gasteiger partial charge in [-0.3, -0.25) is 0 Å². The van der Waals surface area contributed by atoms with Crippen LogP contribution in [0.25, 0.3) is 0 Å². The van der Waals surface area contributed by atoms with E-state index < -0.39 is 0 Å². The highest BCUT2D eigenvalue weighted by molar-refractivity contribution is 9.10. The van der Waals surface area contributed by atoms with Gasteiger partial charge in [0.25, 0.3) is 0 Å². The van der Waals surface area contributed by atoms with Gasteiger partial charge in [0.15, 0.2) is 0 Å². The van der Waals surface area contributed by atoms with Crippen molar-refractivity contribution in [3.63, 3.8) is 0 Å². The van der Waals surface area contributed by atoms with Crippen LogP contribution in [0, 0.1) is 5.92 Å². The van der Waals surface area contributed by atoms with E-state index in [2.05, 4.69) is 57.9 Å². The molecule has 1 aliphatic carbocycles. The molecule has 2 nitrogen and oxygen atoms in total. The summed E-state index contributed by atoms with van der Waals surface area (Å²) in [7, 11) is 2.08. The van der Waals surface area contributed by atoms with Crippen molar-refractivity contribution in [2.75, 3.05) is 20.1 Å². The van der Waals surface area contributed by atoms with Crippen molar-refractivity contribution in [2.45, 2.75) is 38.1 Å². The Balaban J connectivity index is 1.58. The van der Waals surface area contributed by atoms with Crippen LogP contribution in [0.15, 0.2) is 28.7 Å². The van der Waals surface area contributed by atoms with Crippen molar-refractivity contribution in [2.24, 2.45) is 5.92 Å². The maximum atomic E-state index is 3.62. The molecule has 106 valence electrons. The monoisotopic (exact) mass is 324 g/mol. The zero-order valence-corrected chi connectivity index (χ0v) is 13.4. The van der Waals surface area contributed by atoms with Gasteiger partial charge in [0.2, 0.25) is 0 Å². The van der Waals surface area contributed by atoms with Gasteiger partial charge in [-0.05, 0) is 75.9 Å². The summed E-state index contributed by atoms with van der Waals surface area (Å²) in [5.74, 6) is 0.884. The quantitative estimate of drug-likeness (QED) is 0.784. The van der Waals surface area contributed by atoms with Crippen LogP contribution in [-0.4, -0.2) is 26.2 Å². The van der Waals surface area contributed by atoms with E-state index in [-0.39, 0.29) is 0 Å². The first kappa shape index (κ1) is 15.0. The lowest BCUT2D eigenvalue weighted by atomic mass is 9.86. The third-order valence-corrected chi connectivity index (χ3v) is 4.72. The lowest BCUT2D eigenvalue weighted by Crippen LogP contribution is -2.34. The Morgan fingerprint density at radius 3 is 2.42 bits per heavy atom. The zero-order valence-electron chi connectivity index (χ0n) is 11.8. The van der Waals surface area contributed by atoms with E-state index >= 15 is 0 Å². The highest BCUT2D eigenvalue weighted by Gasteiger charge is 2.19. The SMILES string of the molecule is CNC1CCC(CNCCc2ccc(Br)cc2)CC1. The van der Waals surface area contributed by atoms with E-state index in [0.29, 0.717) is 0 Å². The molecule has 1 saturated carbocycles. The van der Waals surface area contributed by atoms with E-state index in [1.165, 1.54) is 37.8 Å². The number of hydrogen-bond donors (Lipinski definition) is 2. The minimum atomic E-state index is 0.763. The van der Waals surface area contributed by atoms with Crippen LogP contribution in [0.3, 0.4) is 0 Å². The lowest BCUT2D eigenvalue weighted by molar-refractivity contribution is 0.293. The van der Waals surface area contributed by atoms with Crippen LogP contribution in [0.5, 0.6) is 0 Å². The van der Waals surface area contributed by atoms with Crippen LogP contribution < -0.4 is 10.6 Å². The molecule has 0 unspecified atom stereocenters. The molecule has 0 aliphatic heterocycles. The predicted molar refractivity (Wildman–Crippen MR) is 85.5 cm³/mol. The molecular weight excluding hydrogens is 300 g/mol. The Morgan fingerprint density at radius 2 is 1.79 bits per heavy atom. The average molecular weight is 325 g/mol. The second-order valence-electron chi connectivity index (χ2n) is 5.59. The Morgan fingerprint density at radius 1 is 1.11 bits per heavy atom. The first-order chi connectivity index (χ1) is 9.28. The molecule has 0 spiro atoms. The summed E-state index contributed by atoms with van der Waals surface area (Å²) in [6.45, 7) is 2.28. The average Bonchev–Trinajstić information content (AvgIpc) is 2.46. The van der Waals surface area contributed by atoms with Crippen molar-refractivity contribution in [1.82, 2.24) is 10.6 Å². The Kier molecular flexibility index (Phi) is 6.35. The molecule has 1 aliphatic rings. The summed E-state index contributed by atoms with van der Waals surface area (Å²) in [6.07, 6.45) is 6.55. The lowest BCUT2D eigenvalue weighted by Gasteiger charge is -2.28. The Bertz CT molecular complexity index is 356. The van der Waals surface area contributed by atoms with Crippen LogP contribution >= 0.6 is 15.9 Å². The molecule has 0 radical (unpaired) electrons. The van der Waals surface area contributed by atoms with Crippen molar-refractivity contribution < 1.29 is 0 Å². The van der Waals surface area contributed by atoms with Gasteiger partial charge in [-0.25, -0.2) is 0 Å². The third-order valence-electron chi connectivity index (χ3n) is 4.19. The van der Waals surface area contributed by atoms with E-state index in [9.17, 15) is 0 Å². The fourth-order valence-corrected chi connectivity index (χ4v) is 3.11. The van der Waals surface area contributed by atoms with Crippen molar-refractivity contribution in [3.05, 3.63) is 34.3 Å². The van der Waals surface area contributed by atoms with Crippen LogP contribution in [-0.2, 0) is 6.42 Å². The molecule has 0 saturated heterocycles. The van der Waals surface area contributed by atoms with Crippen molar-refractivity contribution >= 4 is 15.9 Å². The molecule has 0 bridgehead atoms. The molecule has 2 N–H and O–H groups in total. The number of hydrogen-bond acceptors (Lipinski definition) is 2. The molecule has 0 amide bonds. The Hall–Kier alpha value is -0.380. The van der Waals surface area contributed by atoms with Gasteiger partial charge in [0, 0.05) is 10.5 Å². The van der Waals surface area contributed by atoms with Crippen LogP contribution in [0.4, 0.5) is 0 Å². The summed E-state index contributed by atoms with van der Waals surface area (Å²) < 4.78 is 1.16. The van der Waals surface area contributed by atoms with Crippen LogP contribution in [0.2, 0.25) is 0 Å². The summed E-state index contributed by atoms with van der Waals surface area (Å²) in [5.41, 5.74) is 1.41. The van der Waals surface area contributed by atoms with Gasteiger partial charge in [0.05, 0.1) is 0 Å². The summed E-state index contributed by atoms with van der Waals surface area (Å²) in [6, 6.07) is 9.40. The first-order valence-corrected chi connectivity index (χ1v) is 8.19. The molecule has 0 aromatic heterocycles. The number of benzene rings is 1. The fourth-order valence-electron chi connectivity index (χ4n) is 2.85. The smallest absolute Gasteiger partial charge is 0.0175 e. The molecule has 2 rings (SSSR count). The molecule has 0 atom stereocenters. The minimum Gasteiger partial charge on any atom is -0.317 e. The summed E-state index contributed by atoms with van der Waals surface area (Å²) >= 11 is 3.47. The molecule has 19 heavy (non-hydrogen) atoms. The number of nitrogens with one attached hydrogen (secondary N) is 2. The minimum absolute atomic E-state index is 0.763. The standard InChI is InChI=1S/C16H25BrN2/c1-18-16-8-4-14(5-9-16)12-19-11-10-13-2-6-15(17)7-3-13/h2-3,6-7,14,16,18-19H,4-5,8-12H2,1H3. The van der Waals surface area contributed by atoms with Crippen molar-refractivity contribution in [3.8, 4) is 0 Å². The molecule has 1 aromatic rings.